The number of carbonyl (C=O) groups is 11. The van der Waals surface area contributed by atoms with Crippen LogP contribution in [0.2, 0.25) is 0 Å². The van der Waals surface area contributed by atoms with Crippen LogP contribution in [0.3, 0.4) is 0 Å². The molecule has 0 aliphatic carbocycles. The fraction of sp³-hybridized carbons (Fsp3) is 0.630. The van der Waals surface area contributed by atoms with Crippen molar-refractivity contribution in [2.45, 2.75) is 155 Å². The van der Waals surface area contributed by atoms with E-state index in [9.17, 15) is 78.3 Å². The lowest BCUT2D eigenvalue weighted by atomic mass is 9.96. The number of benzene rings is 1. The van der Waals surface area contributed by atoms with Gasteiger partial charge in [-0.1, -0.05) is 73.9 Å². The molecule has 0 aromatic heterocycles. The fourth-order valence-electron chi connectivity index (χ4n) is 6.91. The second kappa shape index (κ2) is 30.0. The Morgan fingerprint density at radius 1 is 0.535 bits per heavy atom. The van der Waals surface area contributed by atoms with E-state index in [2.05, 4.69) is 42.5 Å². The van der Waals surface area contributed by atoms with Crippen LogP contribution in [0.15, 0.2) is 24.3 Å². The molecule has 25 nitrogen and oxygen atoms in total. The van der Waals surface area contributed by atoms with Crippen molar-refractivity contribution in [3.05, 3.63) is 29.8 Å². The molecule has 10 atom stereocenters. The highest BCUT2D eigenvalue weighted by atomic mass is 16.4. The summed E-state index contributed by atoms with van der Waals surface area (Å²) in [5.74, 6) is -14.3. The van der Waals surface area contributed by atoms with Crippen LogP contribution in [-0.4, -0.2) is 152 Å². The summed E-state index contributed by atoms with van der Waals surface area (Å²) < 4.78 is 0. The van der Waals surface area contributed by atoms with E-state index in [1.807, 2.05) is 0 Å². The van der Waals surface area contributed by atoms with Gasteiger partial charge in [-0.25, -0.2) is 4.79 Å². The molecule has 71 heavy (non-hydrogen) atoms. The van der Waals surface area contributed by atoms with Crippen LogP contribution in [0.4, 0.5) is 0 Å². The predicted molar refractivity (Wildman–Crippen MR) is 253 cm³/mol. The lowest BCUT2D eigenvalue weighted by Gasteiger charge is -2.30. The second-order valence-electron chi connectivity index (χ2n) is 18.4. The molecule has 0 radical (unpaired) electrons. The van der Waals surface area contributed by atoms with Gasteiger partial charge in [-0.3, -0.25) is 47.9 Å². The summed E-state index contributed by atoms with van der Waals surface area (Å²) >= 11 is 0. The first-order valence-corrected chi connectivity index (χ1v) is 23.3. The molecule has 398 valence electrons. The van der Waals surface area contributed by atoms with Gasteiger partial charge < -0.3 is 73.8 Å². The van der Waals surface area contributed by atoms with Crippen LogP contribution in [0.1, 0.15) is 100.0 Å². The molecule has 1 rings (SSSR count). The summed E-state index contributed by atoms with van der Waals surface area (Å²) in [6.45, 7) is 13.6. The van der Waals surface area contributed by atoms with Crippen molar-refractivity contribution in [1.82, 2.24) is 42.5 Å². The Morgan fingerprint density at radius 3 is 1.44 bits per heavy atom. The number of aromatic hydroxyl groups is 1. The third kappa shape index (κ3) is 21.7. The van der Waals surface area contributed by atoms with Gasteiger partial charge >= 0.3 is 17.9 Å². The van der Waals surface area contributed by atoms with E-state index in [1.54, 1.807) is 41.5 Å². The topological polar surface area (TPSA) is 411 Å². The van der Waals surface area contributed by atoms with Crippen molar-refractivity contribution in [2.24, 2.45) is 29.4 Å². The van der Waals surface area contributed by atoms with Crippen molar-refractivity contribution < 1.29 is 78.3 Å². The summed E-state index contributed by atoms with van der Waals surface area (Å²) in [5.41, 5.74) is 5.82. The third-order valence-corrected chi connectivity index (χ3v) is 11.2. The highest BCUT2D eigenvalue weighted by Gasteiger charge is 2.38. The number of carbonyl (C=O) groups excluding carboxylic acids is 8. The maximum absolute atomic E-state index is 14.0. The number of hydrogen-bond acceptors (Lipinski definition) is 14. The first-order chi connectivity index (χ1) is 33.0. The summed E-state index contributed by atoms with van der Waals surface area (Å²) in [4.78, 5) is 143. The highest BCUT2D eigenvalue weighted by Crippen LogP contribution is 2.15. The van der Waals surface area contributed by atoms with Gasteiger partial charge in [0.2, 0.25) is 47.3 Å². The first-order valence-electron chi connectivity index (χ1n) is 23.3. The van der Waals surface area contributed by atoms with Crippen molar-refractivity contribution in [1.29, 1.82) is 0 Å². The number of aliphatic hydroxyl groups is 1. The summed E-state index contributed by atoms with van der Waals surface area (Å²) in [6, 6.07) is -6.68. The Labute approximate surface area is 412 Å². The molecule has 25 heteroatoms. The molecule has 1 aromatic rings. The number of carboxylic acid groups (broad SMARTS) is 3. The molecule has 8 amide bonds. The molecule has 1 aromatic carbocycles. The monoisotopic (exact) mass is 1010 g/mol. The molecule has 0 saturated carbocycles. The number of amides is 8. The molecule has 0 bridgehead atoms. The number of nitrogens with two attached hydrogens (primary N) is 1. The number of aliphatic hydroxyl groups excluding tert-OH is 1. The first kappa shape index (κ1) is 62.1. The van der Waals surface area contributed by atoms with Gasteiger partial charge in [0.15, 0.2) is 0 Å². The number of rotatable bonds is 31. The SMILES string of the molecule is CC[C@H](C)[C@H](NC(=O)[C@H](CC(=O)O)NC(=O)[C@@H](NC(=O)[C@H](CC(C)C)NC(=O)[C@@H](NC(=O)[C@H](CCC(=O)O)NC(=O)[C@@H](NC(=O)CN)C(C)C)[C@@H](C)O)C(C)C)C(=O)N[C@@H](Cc1ccc(O)cc1)C(=O)O. The number of nitrogens with one attached hydrogen (secondary N) is 8. The van der Waals surface area contributed by atoms with E-state index in [4.69, 9.17) is 5.73 Å². The van der Waals surface area contributed by atoms with Crippen molar-refractivity contribution in [3.8, 4) is 5.75 Å². The Hall–Kier alpha value is -6.89. The van der Waals surface area contributed by atoms with Crippen molar-refractivity contribution in [2.75, 3.05) is 6.54 Å². The van der Waals surface area contributed by atoms with E-state index in [0.29, 0.717) is 5.56 Å². The van der Waals surface area contributed by atoms with Crippen LogP contribution in [0.5, 0.6) is 5.75 Å². The quantitative estimate of drug-likeness (QED) is 0.0382. The molecule has 0 saturated heterocycles. The predicted octanol–water partition coefficient (Wildman–Crippen LogP) is -2.02. The zero-order valence-corrected chi connectivity index (χ0v) is 41.6. The summed E-state index contributed by atoms with van der Waals surface area (Å²) in [7, 11) is 0. The third-order valence-electron chi connectivity index (χ3n) is 11.2. The molecule has 0 heterocycles. The molecular formula is C46H73N9O16. The van der Waals surface area contributed by atoms with Gasteiger partial charge in [0.1, 0.15) is 54.1 Å². The molecular weight excluding hydrogens is 935 g/mol. The standard InChI is InChI=1S/C46H73N9O16/c1-10-24(8)37(44(68)51-31(46(70)71)18-26-11-13-27(57)14-12-26)54-41(65)30(19-34(61)62)50-43(67)36(23(6)7)53-40(64)29(17-21(2)3)49-45(69)38(25(9)56)55-39(63)28(15-16-33(59)60)48-42(66)35(22(4)5)52-32(58)20-47/h11-14,21-25,28-31,35-38,56-57H,10,15-20,47H2,1-9H3,(H,48,66)(H,49,69)(H,50,67)(H,51,68)(H,52,58)(H,53,64)(H,54,65)(H,55,63)(H,59,60)(H,61,62)(H,70,71)/t24-,25+,28-,29-,30-,31-,35-,36-,37-,38-/m0/s1. The van der Waals surface area contributed by atoms with Crippen LogP contribution in [0.25, 0.3) is 0 Å². The molecule has 0 aliphatic heterocycles. The Morgan fingerprint density at radius 2 is 0.972 bits per heavy atom. The number of aliphatic carboxylic acids is 3. The van der Waals surface area contributed by atoms with Crippen LogP contribution < -0.4 is 48.3 Å². The van der Waals surface area contributed by atoms with Crippen LogP contribution in [0, 0.1) is 23.7 Å². The van der Waals surface area contributed by atoms with E-state index in [-0.39, 0.29) is 30.9 Å². The second-order valence-corrected chi connectivity index (χ2v) is 18.4. The van der Waals surface area contributed by atoms with Gasteiger partial charge in [-0.15, -0.1) is 0 Å². The van der Waals surface area contributed by atoms with E-state index < -0.39 is 163 Å². The van der Waals surface area contributed by atoms with E-state index in [0.717, 1.165) is 6.92 Å². The summed E-state index contributed by atoms with van der Waals surface area (Å²) in [5, 5.41) is 68.4. The fourth-order valence-corrected chi connectivity index (χ4v) is 6.91. The Balaban J connectivity index is 3.39. The minimum atomic E-state index is -1.84. The average Bonchev–Trinajstić information content (AvgIpc) is 3.27. The van der Waals surface area contributed by atoms with Gasteiger partial charge in [-0.05, 0) is 61.1 Å². The van der Waals surface area contributed by atoms with Crippen molar-refractivity contribution >= 4 is 65.2 Å². The van der Waals surface area contributed by atoms with Gasteiger partial charge in [0.25, 0.3) is 0 Å². The minimum Gasteiger partial charge on any atom is -0.508 e. The molecule has 15 N–H and O–H groups in total. The van der Waals surface area contributed by atoms with Crippen LogP contribution >= 0.6 is 0 Å². The number of phenolic OH excluding ortho intramolecular Hbond substituents is 1. The van der Waals surface area contributed by atoms with Crippen LogP contribution in [-0.2, 0) is 59.2 Å². The minimum absolute atomic E-state index is 0.0655. The van der Waals surface area contributed by atoms with E-state index in [1.165, 1.54) is 38.1 Å². The molecule has 0 spiro atoms. The van der Waals surface area contributed by atoms with Gasteiger partial charge in [0.05, 0.1) is 19.1 Å². The summed E-state index contributed by atoms with van der Waals surface area (Å²) in [6.07, 6.45) is -3.73. The maximum Gasteiger partial charge on any atom is 0.326 e. The largest absolute Gasteiger partial charge is 0.508 e. The number of hydrogen-bond donors (Lipinski definition) is 14. The van der Waals surface area contributed by atoms with Gasteiger partial charge in [-0.2, -0.15) is 0 Å². The molecule has 0 unspecified atom stereocenters. The lowest BCUT2D eigenvalue weighted by molar-refractivity contribution is -0.143. The normalized spacial score (nSPS) is 15.5. The van der Waals surface area contributed by atoms with E-state index >= 15 is 0 Å². The Kier molecular flexibility index (Phi) is 26.2. The molecule has 0 aliphatic rings. The number of phenols is 1. The Bertz CT molecular complexity index is 2030. The highest BCUT2D eigenvalue weighted by molar-refractivity contribution is 5.99. The maximum atomic E-state index is 14.0. The lowest BCUT2D eigenvalue weighted by Crippen LogP contribution is -2.62. The smallest absolute Gasteiger partial charge is 0.326 e. The number of carboxylic acids is 3. The zero-order chi connectivity index (χ0) is 54.4. The molecule has 0 fully saturated rings. The van der Waals surface area contributed by atoms with Gasteiger partial charge in [0, 0.05) is 12.8 Å². The zero-order valence-electron chi connectivity index (χ0n) is 41.6. The average molecular weight is 1010 g/mol. The van der Waals surface area contributed by atoms with Crippen molar-refractivity contribution in [3.63, 3.8) is 0 Å².